The fourth-order valence-electron chi connectivity index (χ4n) is 2.66. The number of fused-ring (bicyclic) bond motifs is 1. The van der Waals surface area contributed by atoms with Crippen molar-refractivity contribution < 1.29 is 19.1 Å². The molecule has 1 amide bonds. The summed E-state index contributed by atoms with van der Waals surface area (Å²) in [4.78, 5) is 26.5. The van der Waals surface area contributed by atoms with Gasteiger partial charge in [-0.1, -0.05) is 24.1 Å². The van der Waals surface area contributed by atoms with Crippen LogP contribution in [0.25, 0.3) is 0 Å². The second-order valence-corrected chi connectivity index (χ2v) is 16.5. The number of thioether (sulfide) groups is 2. The summed E-state index contributed by atoms with van der Waals surface area (Å²) in [5.41, 5.74) is 7.06. The SMILES string of the molecule is C[Si](C)(C)CCOCOC(=O)C1=C(CSc2cnns2)CS[C@@H]2C(N)C(=O)N12. The van der Waals surface area contributed by atoms with Crippen molar-refractivity contribution in [1.29, 1.82) is 0 Å². The first-order valence-corrected chi connectivity index (χ1v) is 15.4. The molecule has 12 heteroatoms. The Morgan fingerprint density at radius 2 is 2.25 bits per heavy atom. The molecule has 3 rings (SSSR count). The first-order chi connectivity index (χ1) is 13.3. The number of nitrogens with two attached hydrogens (primary N) is 1. The predicted molar refractivity (Wildman–Crippen MR) is 114 cm³/mol. The lowest BCUT2D eigenvalue weighted by molar-refractivity contribution is -0.158. The molecule has 2 N–H and O–H groups in total. The standard InChI is InChI=1S/C16H24N4O4S3Si/c1-28(2,3)5-4-23-9-24-16(22)13-10(7-25-11-6-18-19-27-11)8-26-15-12(17)14(21)20(13)15/h6,12,15H,4-5,7-9,17H2,1-3H3/t12?,15-/m1/s1. The monoisotopic (exact) mass is 460 g/mol. The highest BCUT2D eigenvalue weighted by Crippen LogP contribution is 2.41. The summed E-state index contributed by atoms with van der Waals surface area (Å²) in [5.74, 6) is 0.411. The first-order valence-electron chi connectivity index (χ1n) is 8.85. The number of hydrogen-bond acceptors (Lipinski definition) is 10. The Hall–Kier alpha value is -0.923. The number of rotatable bonds is 9. The van der Waals surface area contributed by atoms with Gasteiger partial charge in [0.1, 0.15) is 21.3 Å². The number of esters is 1. The molecule has 1 unspecified atom stereocenters. The van der Waals surface area contributed by atoms with Crippen LogP contribution < -0.4 is 5.73 Å². The fraction of sp³-hybridized carbons (Fsp3) is 0.625. The Morgan fingerprint density at radius 3 is 2.93 bits per heavy atom. The number of hydrogen-bond donors (Lipinski definition) is 1. The third-order valence-electron chi connectivity index (χ3n) is 4.28. The van der Waals surface area contributed by atoms with Crippen LogP contribution in [-0.4, -0.2) is 70.8 Å². The topological polar surface area (TPSA) is 108 Å². The fourth-order valence-corrected chi connectivity index (χ4v) is 6.27. The average molecular weight is 461 g/mol. The minimum atomic E-state index is -1.20. The van der Waals surface area contributed by atoms with E-state index < -0.39 is 20.1 Å². The van der Waals surface area contributed by atoms with Crippen molar-refractivity contribution in [2.45, 2.75) is 41.3 Å². The van der Waals surface area contributed by atoms with Crippen molar-refractivity contribution >= 4 is 55.0 Å². The highest BCUT2D eigenvalue weighted by molar-refractivity contribution is 8.01. The number of carbonyl (C=O) groups is 2. The van der Waals surface area contributed by atoms with Gasteiger partial charge in [0.15, 0.2) is 6.79 Å². The third kappa shape index (κ3) is 5.16. The molecular formula is C16H24N4O4S3Si. The van der Waals surface area contributed by atoms with Crippen LogP contribution in [0.2, 0.25) is 25.7 Å². The van der Waals surface area contributed by atoms with Gasteiger partial charge < -0.3 is 15.2 Å². The van der Waals surface area contributed by atoms with Gasteiger partial charge in [0.2, 0.25) is 5.91 Å². The molecule has 0 aromatic carbocycles. The molecule has 2 atom stereocenters. The molecule has 28 heavy (non-hydrogen) atoms. The summed E-state index contributed by atoms with van der Waals surface area (Å²) in [5, 5.41) is 3.61. The summed E-state index contributed by atoms with van der Waals surface area (Å²) in [6, 6.07) is 0.427. The molecule has 1 saturated heterocycles. The van der Waals surface area contributed by atoms with Crippen molar-refractivity contribution in [3.63, 3.8) is 0 Å². The van der Waals surface area contributed by atoms with E-state index in [9.17, 15) is 9.59 Å². The van der Waals surface area contributed by atoms with Gasteiger partial charge in [0.05, 0.1) is 6.20 Å². The van der Waals surface area contributed by atoms with Crippen LogP contribution >= 0.6 is 35.1 Å². The second kappa shape index (κ2) is 9.26. The van der Waals surface area contributed by atoms with E-state index in [0.717, 1.165) is 15.8 Å². The molecule has 0 radical (unpaired) electrons. The van der Waals surface area contributed by atoms with Gasteiger partial charge in [0.25, 0.3) is 0 Å². The number of nitrogens with zero attached hydrogens (tertiary/aromatic N) is 3. The second-order valence-electron chi connectivity index (χ2n) is 7.68. The lowest BCUT2D eigenvalue weighted by Gasteiger charge is -2.48. The maximum Gasteiger partial charge on any atom is 0.357 e. The number of amides is 1. The Morgan fingerprint density at radius 1 is 1.46 bits per heavy atom. The van der Waals surface area contributed by atoms with Crippen LogP contribution in [0.4, 0.5) is 0 Å². The van der Waals surface area contributed by atoms with Crippen LogP contribution in [0.3, 0.4) is 0 Å². The van der Waals surface area contributed by atoms with E-state index in [1.807, 2.05) is 0 Å². The third-order valence-corrected chi connectivity index (χ3v) is 9.27. The molecule has 154 valence electrons. The zero-order valence-corrected chi connectivity index (χ0v) is 19.5. The van der Waals surface area contributed by atoms with Gasteiger partial charge in [-0.05, 0) is 23.1 Å². The van der Waals surface area contributed by atoms with Crippen molar-refractivity contribution in [2.75, 3.05) is 24.9 Å². The van der Waals surface area contributed by atoms with E-state index >= 15 is 0 Å². The van der Waals surface area contributed by atoms with E-state index in [4.69, 9.17) is 15.2 Å². The summed E-state index contributed by atoms with van der Waals surface area (Å²) in [7, 11) is -1.20. The number of ether oxygens (including phenoxy) is 2. The first kappa shape index (κ1) is 21.8. The van der Waals surface area contributed by atoms with E-state index in [1.54, 1.807) is 18.0 Å². The minimum absolute atomic E-state index is 0.113. The number of aromatic nitrogens is 2. The van der Waals surface area contributed by atoms with E-state index in [-0.39, 0.29) is 18.1 Å². The molecule has 0 bridgehead atoms. The van der Waals surface area contributed by atoms with Crippen LogP contribution in [0.5, 0.6) is 0 Å². The van der Waals surface area contributed by atoms with Crippen molar-refractivity contribution in [3.05, 3.63) is 17.5 Å². The summed E-state index contributed by atoms with van der Waals surface area (Å²) in [6.07, 6.45) is 1.68. The lowest BCUT2D eigenvalue weighted by atomic mass is 10.0. The molecule has 0 aliphatic carbocycles. The number of β-lactam (4-membered cyclic amide) rings is 1. The van der Waals surface area contributed by atoms with E-state index in [2.05, 4.69) is 29.2 Å². The molecule has 0 saturated carbocycles. The van der Waals surface area contributed by atoms with Crippen LogP contribution in [0, 0.1) is 0 Å². The summed E-state index contributed by atoms with van der Waals surface area (Å²) in [6.45, 7) is 7.23. The normalized spacial score (nSPS) is 22.1. The minimum Gasteiger partial charge on any atom is -0.434 e. The molecule has 3 heterocycles. The van der Waals surface area contributed by atoms with Gasteiger partial charge in [-0.2, -0.15) is 0 Å². The molecule has 1 fully saturated rings. The smallest absolute Gasteiger partial charge is 0.357 e. The molecule has 0 spiro atoms. The Labute approximate surface area is 177 Å². The number of carbonyl (C=O) groups excluding carboxylic acids is 2. The molecule has 1 aromatic heterocycles. The van der Waals surface area contributed by atoms with Gasteiger partial charge >= 0.3 is 5.97 Å². The van der Waals surface area contributed by atoms with E-state index in [0.29, 0.717) is 23.8 Å². The predicted octanol–water partition coefficient (Wildman–Crippen LogP) is 1.98. The molecule has 8 nitrogen and oxygen atoms in total. The van der Waals surface area contributed by atoms with Crippen molar-refractivity contribution in [1.82, 2.24) is 14.5 Å². The van der Waals surface area contributed by atoms with Crippen LogP contribution in [0.15, 0.2) is 21.7 Å². The Balaban J connectivity index is 1.64. The summed E-state index contributed by atoms with van der Waals surface area (Å²) < 4.78 is 15.6. The van der Waals surface area contributed by atoms with Gasteiger partial charge in [-0.25, -0.2) is 4.79 Å². The van der Waals surface area contributed by atoms with Gasteiger partial charge in [-0.3, -0.25) is 9.69 Å². The van der Waals surface area contributed by atoms with Gasteiger partial charge in [-0.15, -0.1) is 28.6 Å². The highest BCUT2D eigenvalue weighted by atomic mass is 32.2. The Kier molecular flexibility index (Phi) is 7.20. The largest absolute Gasteiger partial charge is 0.434 e. The quantitative estimate of drug-likeness (QED) is 0.148. The molecule has 2 aliphatic rings. The molecule has 2 aliphatic heterocycles. The zero-order chi connectivity index (χ0) is 20.3. The zero-order valence-electron chi connectivity index (χ0n) is 16.0. The van der Waals surface area contributed by atoms with Crippen molar-refractivity contribution in [3.8, 4) is 0 Å². The van der Waals surface area contributed by atoms with Crippen LogP contribution in [-0.2, 0) is 19.1 Å². The lowest BCUT2D eigenvalue weighted by Crippen LogP contribution is -2.68. The Bertz CT molecular complexity index is 754. The van der Waals surface area contributed by atoms with Crippen molar-refractivity contribution in [2.24, 2.45) is 5.73 Å². The molecular weight excluding hydrogens is 436 g/mol. The maximum atomic E-state index is 12.7. The van der Waals surface area contributed by atoms with Gasteiger partial charge in [0, 0.05) is 26.2 Å². The van der Waals surface area contributed by atoms with E-state index in [1.165, 1.54) is 28.2 Å². The molecule has 1 aromatic rings. The maximum absolute atomic E-state index is 12.7. The van der Waals surface area contributed by atoms with Crippen LogP contribution in [0.1, 0.15) is 0 Å². The summed E-state index contributed by atoms with van der Waals surface area (Å²) >= 11 is 4.41. The highest BCUT2D eigenvalue weighted by Gasteiger charge is 2.52. The average Bonchev–Trinajstić information content (AvgIpc) is 3.17.